The number of rotatable bonds is 9. The van der Waals surface area contributed by atoms with Gasteiger partial charge in [-0.15, -0.1) is 0 Å². The van der Waals surface area contributed by atoms with E-state index in [1.54, 1.807) is 9.80 Å². The van der Waals surface area contributed by atoms with Crippen LogP contribution in [0.4, 0.5) is 0 Å². The number of hydrogen-bond donors (Lipinski definition) is 1. The van der Waals surface area contributed by atoms with Crippen molar-refractivity contribution < 1.29 is 19.1 Å². The Kier molecular flexibility index (Phi) is 8.38. The number of aromatic nitrogens is 2. The fraction of sp³-hybridized carbons (Fsp3) is 0.478. The van der Waals surface area contributed by atoms with Crippen molar-refractivity contribution in [3.8, 4) is 0 Å². The number of carbonyl (C=O) groups is 3. The Hall–Kier alpha value is -3.20. The minimum absolute atomic E-state index is 0.0390. The molecule has 2 heterocycles. The zero-order valence-corrected chi connectivity index (χ0v) is 18.7. The molecule has 1 aliphatic rings. The average Bonchev–Trinajstić information content (AvgIpc) is 3.29. The molecule has 9 nitrogen and oxygen atoms in total. The van der Waals surface area contributed by atoms with Crippen LogP contribution in [-0.4, -0.2) is 94.6 Å². The van der Waals surface area contributed by atoms with Gasteiger partial charge in [0.25, 0.3) is 5.91 Å². The molecule has 172 valence electrons. The van der Waals surface area contributed by atoms with Crippen LogP contribution in [-0.2, 0) is 20.7 Å². The number of benzene rings is 1. The van der Waals surface area contributed by atoms with Crippen LogP contribution in [0.1, 0.15) is 29.8 Å². The van der Waals surface area contributed by atoms with E-state index in [-0.39, 0.29) is 37.4 Å². The molecule has 0 aliphatic carbocycles. The van der Waals surface area contributed by atoms with Gasteiger partial charge in [-0.1, -0.05) is 30.3 Å². The maximum atomic E-state index is 13.0. The molecular formula is C23H31N5O4. The predicted octanol–water partition coefficient (Wildman–Crippen LogP) is 1.19. The van der Waals surface area contributed by atoms with Crippen molar-refractivity contribution in [1.29, 1.82) is 0 Å². The molecule has 3 amide bonds. The first-order valence-corrected chi connectivity index (χ1v) is 11.0. The van der Waals surface area contributed by atoms with Crippen molar-refractivity contribution in [1.82, 2.24) is 24.9 Å². The minimum Gasteiger partial charge on any atom is -0.365 e. The van der Waals surface area contributed by atoms with Gasteiger partial charge in [0.15, 0.2) is 0 Å². The first-order valence-electron chi connectivity index (χ1n) is 11.0. The largest absolute Gasteiger partial charge is 0.365 e. The maximum absolute atomic E-state index is 13.0. The van der Waals surface area contributed by atoms with E-state index in [1.807, 2.05) is 44.2 Å². The number of ether oxygens (including phenoxy) is 1. The third-order valence-electron chi connectivity index (χ3n) is 5.63. The van der Waals surface area contributed by atoms with Gasteiger partial charge in [-0.2, -0.15) is 5.10 Å². The summed E-state index contributed by atoms with van der Waals surface area (Å²) in [6.07, 6.45) is 3.18. The number of amides is 3. The van der Waals surface area contributed by atoms with E-state index < -0.39 is 6.10 Å². The van der Waals surface area contributed by atoms with Crippen LogP contribution in [0.25, 0.3) is 0 Å². The third-order valence-corrected chi connectivity index (χ3v) is 5.63. The highest BCUT2D eigenvalue weighted by Crippen LogP contribution is 2.13. The lowest BCUT2D eigenvalue weighted by Gasteiger charge is -2.26. The molecule has 1 saturated heterocycles. The summed E-state index contributed by atoms with van der Waals surface area (Å²) < 4.78 is 5.94. The molecule has 0 saturated carbocycles. The van der Waals surface area contributed by atoms with Gasteiger partial charge in [0.1, 0.15) is 13.2 Å². The highest BCUT2D eigenvalue weighted by Gasteiger charge is 2.32. The van der Waals surface area contributed by atoms with Gasteiger partial charge < -0.3 is 19.4 Å². The highest BCUT2D eigenvalue weighted by molar-refractivity contribution is 5.96. The smallest absolute Gasteiger partial charge is 0.257 e. The van der Waals surface area contributed by atoms with E-state index in [9.17, 15) is 14.4 Å². The maximum Gasteiger partial charge on any atom is 0.257 e. The van der Waals surface area contributed by atoms with E-state index >= 15 is 0 Å². The molecule has 2 aromatic rings. The van der Waals surface area contributed by atoms with Crippen LogP contribution in [0, 0.1) is 0 Å². The molecule has 1 aliphatic heterocycles. The molecule has 3 rings (SSSR count). The first-order chi connectivity index (χ1) is 15.5. The summed E-state index contributed by atoms with van der Waals surface area (Å²) in [6, 6.07) is 9.93. The van der Waals surface area contributed by atoms with Crippen molar-refractivity contribution >= 4 is 17.7 Å². The molecule has 1 N–H and O–H groups in total. The molecule has 0 radical (unpaired) electrons. The fourth-order valence-electron chi connectivity index (χ4n) is 3.77. The average molecular weight is 442 g/mol. The minimum atomic E-state index is -0.465. The molecule has 1 unspecified atom stereocenters. The molecule has 1 aromatic heterocycles. The molecule has 1 fully saturated rings. The number of nitrogens with one attached hydrogen (secondary N) is 1. The van der Waals surface area contributed by atoms with E-state index in [4.69, 9.17) is 4.74 Å². The van der Waals surface area contributed by atoms with Crippen LogP contribution >= 0.6 is 0 Å². The van der Waals surface area contributed by atoms with Gasteiger partial charge in [-0.05, 0) is 25.8 Å². The Morgan fingerprint density at radius 2 is 1.94 bits per heavy atom. The van der Waals surface area contributed by atoms with Gasteiger partial charge in [-0.3, -0.25) is 19.5 Å². The number of likely N-dealkylation sites (N-methyl/N-ethyl adjacent to an activating group) is 1. The number of hydrogen-bond acceptors (Lipinski definition) is 5. The van der Waals surface area contributed by atoms with Crippen molar-refractivity contribution in [2.75, 3.05) is 45.9 Å². The molecule has 0 bridgehead atoms. The zero-order chi connectivity index (χ0) is 22.9. The quantitative estimate of drug-likeness (QED) is 0.630. The standard InChI is InChI=1S/C23H31N5O4/c1-3-26(4-2)22(30)17-32-20-14-27(11-10-18-8-6-5-7-9-18)21(29)16-28(15-20)23(31)19-12-24-25-13-19/h5-9,12-13,20H,3-4,10-11,14-17H2,1-2H3,(H,24,25). The predicted molar refractivity (Wildman–Crippen MR) is 119 cm³/mol. The van der Waals surface area contributed by atoms with Crippen LogP contribution in [0.15, 0.2) is 42.7 Å². The van der Waals surface area contributed by atoms with Crippen LogP contribution in [0.2, 0.25) is 0 Å². The SMILES string of the molecule is CCN(CC)C(=O)COC1CN(CCc2ccccc2)C(=O)CN(C(=O)c2cn[nH]c2)C1. The molecule has 1 aromatic carbocycles. The highest BCUT2D eigenvalue weighted by atomic mass is 16.5. The lowest BCUT2D eigenvalue weighted by atomic mass is 10.1. The summed E-state index contributed by atoms with van der Waals surface area (Å²) >= 11 is 0. The van der Waals surface area contributed by atoms with Gasteiger partial charge >= 0.3 is 0 Å². The lowest BCUT2D eigenvalue weighted by molar-refractivity contribution is -0.138. The van der Waals surface area contributed by atoms with E-state index in [0.717, 1.165) is 5.56 Å². The van der Waals surface area contributed by atoms with E-state index in [1.165, 1.54) is 17.3 Å². The Morgan fingerprint density at radius 3 is 2.59 bits per heavy atom. The van der Waals surface area contributed by atoms with E-state index in [2.05, 4.69) is 10.2 Å². The Bertz CT molecular complexity index is 883. The van der Waals surface area contributed by atoms with Crippen LogP contribution in [0.3, 0.4) is 0 Å². The molecule has 0 spiro atoms. The summed E-state index contributed by atoms with van der Waals surface area (Å²) in [5.74, 6) is -0.534. The van der Waals surface area contributed by atoms with Gasteiger partial charge in [0, 0.05) is 38.9 Å². The van der Waals surface area contributed by atoms with Crippen molar-refractivity contribution in [3.05, 3.63) is 53.9 Å². The number of carbonyl (C=O) groups excluding carboxylic acids is 3. The van der Waals surface area contributed by atoms with Crippen LogP contribution in [0.5, 0.6) is 0 Å². The Labute approximate surface area is 188 Å². The Balaban J connectivity index is 1.71. The number of aromatic amines is 1. The van der Waals surface area contributed by atoms with Crippen molar-refractivity contribution in [2.24, 2.45) is 0 Å². The molecule has 9 heteroatoms. The number of H-pyrrole nitrogens is 1. The fourth-order valence-corrected chi connectivity index (χ4v) is 3.77. The van der Waals surface area contributed by atoms with Gasteiger partial charge in [-0.25, -0.2) is 0 Å². The summed E-state index contributed by atoms with van der Waals surface area (Å²) in [4.78, 5) is 43.2. The third kappa shape index (κ3) is 6.16. The van der Waals surface area contributed by atoms with Crippen LogP contribution < -0.4 is 0 Å². The lowest BCUT2D eigenvalue weighted by Crippen LogP contribution is -2.41. The number of nitrogens with zero attached hydrogens (tertiary/aromatic N) is 4. The van der Waals surface area contributed by atoms with Crippen molar-refractivity contribution in [2.45, 2.75) is 26.4 Å². The van der Waals surface area contributed by atoms with Gasteiger partial charge in [0.05, 0.1) is 17.9 Å². The molecule has 32 heavy (non-hydrogen) atoms. The molecular weight excluding hydrogens is 410 g/mol. The van der Waals surface area contributed by atoms with Crippen molar-refractivity contribution in [3.63, 3.8) is 0 Å². The monoisotopic (exact) mass is 441 g/mol. The second-order valence-electron chi connectivity index (χ2n) is 7.75. The summed E-state index contributed by atoms with van der Waals surface area (Å²) in [7, 11) is 0. The Morgan fingerprint density at radius 1 is 1.19 bits per heavy atom. The van der Waals surface area contributed by atoms with E-state index in [0.29, 0.717) is 38.2 Å². The first kappa shape index (κ1) is 23.5. The molecule has 1 atom stereocenters. The zero-order valence-electron chi connectivity index (χ0n) is 18.7. The second kappa shape index (κ2) is 11.4. The summed E-state index contributed by atoms with van der Waals surface area (Å²) in [5.41, 5.74) is 1.51. The normalized spacial score (nSPS) is 16.7. The summed E-state index contributed by atoms with van der Waals surface area (Å²) in [5, 5.41) is 6.45. The summed E-state index contributed by atoms with van der Waals surface area (Å²) in [6.45, 7) is 6.00. The second-order valence-corrected chi connectivity index (χ2v) is 7.75. The van der Waals surface area contributed by atoms with Gasteiger partial charge in [0.2, 0.25) is 11.8 Å². The topological polar surface area (TPSA) is 98.8 Å².